The molecule has 2 heterocycles. The van der Waals surface area contributed by atoms with Crippen LogP contribution in [0.3, 0.4) is 0 Å². The molecular weight excluding hydrogens is 258 g/mol. The maximum Gasteiger partial charge on any atom is 0.262 e. The first-order valence-electron chi connectivity index (χ1n) is 6.52. The number of fused-ring (bicyclic) bond motifs is 1. The zero-order valence-corrected chi connectivity index (χ0v) is 12.0. The molecule has 0 aliphatic heterocycles. The molecule has 3 rings (SSSR count). The second-order valence-corrected chi connectivity index (χ2v) is 5.94. The second-order valence-electron chi connectivity index (χ2n) is 5.02. The van der Waals surface area contributed by atoms with E-state index < -0.39 is 0 Å². The predicted octanol–water partition coefficient (Wildman–Crippen LogP) is 2.60. The van der Waals surface area contributed by atoms with Crippen molar-refractivity contribution in [3.05, 3.63) is 39.3 Å². The molecule has 1 aliphatic carbocycles. The number of hydrogen-bond acceptors (Lipinski definition) is 3. The minimum Gasteiger partial charge on any atom is -0.344 e. The summed E-state index contributed by atoms with van der Waals surface area (Å²) in [6.45, 7) is 1.97. The Labute approximate surface area is 116 Å². The highest BCUT2D eigenvalue weighted by Gasteiger charge is 2.25. The summed E-state index contributed by atoms with van der Waals surface area (Å²) in [5, 5.41) is 9.41. The summed E-state index contributed by atoms with van der Waals surface area (Å²) in [5.41, 5.74) is 3.47. The van der Waals surface area contributed by atoms with Gasteiger partial charge in [-0.2, -0.15) is 5.10 Å². The number of aryl methyl sites for hydroxylation is 2. The minimum atomic E-state index is 0.0363. The molecule has 0 spiro atoms. The van der Waals surface area contributed by atoms with Crippen LogP contribution in [0.1, 0.15) is 45.4 Å². The lowest BCUT2D eigenvalue weighted by Crippen LogP contribution is -2.30. The van der Waals surface area contributed by atoms with Gasteiger partial charge in [-0.25, -0.2) is 0 Å². The highest BCUT2D eigenvalue weighted by molar-refractivity contribution is 7.12. The average molecular weight is 275 g/mol. The predicted molar refractivity (Wildman–Crippen MR) is 75.4 cm³/mol. The average Bonchev–Trinajstić information content (AvgIpc) is 2.97. The van der Waals surface area contributed by atoms with Crippen molar-refractivity contribution in [3.8, 4) is 0 Å². The summed E-state index contributed by atoms with van der Waals surface area (Å²) in [6.07, 6.45) is 5.03. The number of nitrogens with zero attached hydrogens (tertiary/aromatic N) is 2. The molecule has 0 saturated heterocycles. The smallest absolute Gasteiger partial charge is 0.262 e. The van der Waals surface area contributed by atoms with Crippen LogP contribution < -0.4 is 5.32 Å². The molecular formula is C14H17N3OS. The molecule has 4 nitrogen and oxygen atoms in total. The van der Waals surface area contributed by atoms with Crippen LogP contribution in [0.5, 0.6) is 0 Å². The highest BCUT2D eigenvalue weighted by Crippen LogP contribution is 2.29. The summed E-state index contributed by atoms with van der Waals surface area (Å²) >= 11 is 1.50. The van der Waals surface area contributed by atoms with E-state index in [4.69, 9.17) is 0 Å². The lowest BCUT2D eigenvalue weighted by atomic mass is 9.93. The molecule has 1 aliphatic rings. The van der Waals surface area contributed by atoms with Gasteiger partial charge >= 0.3 is 0 Å². The third-order valence-corrected chi connectivity index (χ3v) is 4.76. The summed E-state index contributed by atoms with van der Waals surface area (Å²) in [6, 6.07) is 2.09. The van der Waals surface area contributed by atoms with Gasteiger partial charge in [0, 0.05) is 18.3 Å². The minimum absolute atomic E-state index is 0.0363. The monoisotopic (exact) mass is 275 g/mol. The number of thiophene rings is 1. The number of nitrogens with one attached hydrogen (secondary N) is 1. The van der Waals surface area contributed by atoms with Crippen molar-refractivity contribution in [1.82, 2.24) is 15.1 Å². The fraction of sp³-hybridized carbons (Fsp3) is 0.429. The maximum absolute atomic E-state index is 12.3. The van der Waals surface area contributed by atoms with Crippen molar-refractivity contribution < 1.29 is 4.79 Å². The van der Waals surface area contributed by atoms with Crippen LogP contribution in [-0.4, -0.2) is 15.7 Å². The van der Waals surface area contributed by atoms with E-state index in [1.807, 2.05) is 36.3 Å². The highest BCUT2D eigenvalue weighted by atomic mass is 32.1. The summed E-state index contributed by atoms with van der Waals surface area (Å²) < 4.78 is 1.92. The molecule has 1 N–H and O–H groups in total. The lowest BCUT2D eigenvalue weighted by molar-refractivity contribution is 0.0936. The maximum atomic E-state index is 12.3. The van der Waals surface area contributed by atoms with Crippen LogP contribution >= 0.6 is 11.3 Å². The van der Waals surface area contributed by atoms with Gasteiger partial charge < -0.3 is 5.32 Å². The molecule has 0 radical (unpaired) electrons. The number of hydrogen-bond donors (Lipinski definition) is 1. The second kappa shape index (κ2) is 4.81. The van der Waals surface area contributed by atoms with Gasteiger partial charge in [0.15, 0.2) is 0 Å². The largest absolute Gasteiger partial charge is 0.344 e. The van der Waals surface area contributed by atoms with Gasteiger partial charge in [-0.15, -0.1) is 11.3 Å². The van der Waals surface area contributed by atoms with Crippen molar-refractivity contribution in [2.24, 2.45) is 7.05 Å². The number of aromatic nitrogens is 2. The van der Waals surface area contributed by atoms with E-state index in [1.54, 1.807) is 0 Å². The molecule has 19 heavy (non-hydrogen) atoms. The van der Waals surface area contributed by atoms with Crippen molar-refractivity contribution >= 4 is 17.2 Å². The van der Waals surface area contributed by atoms with E-state index in [1.165, 1.54) is 22.6 Å². The quantitative estimate of drug-likeness (QED) is 0.915. The Morgan fingerprint density at radius 1 is 1.58 bits per heavy atom. The first kappa shape index (κ1) is 12.4. The molecule has 2 aromatic heterocycles. The van der Waals surface area contributed by atoms with Gasteiger partial charge in [0.2, 0.25) is 0 Å². The molecule has 5 heteroatoms. The molecule has 100 valence electrons. The van der Waals surface area contributed by atoms with Gasteiger partial charge in [-0.3, -0.25) is 9.48 Å². The van der Waals surface area contributed by atoms with E-state index >= 15 is 0 Å². The van der Waals surface area contributed by atoms with E-state index in [2.05, 4.69) is 10.4 Å². The third kappa shape index (κ3) is 2.18. The van der Waals surface area contributed by atoms with Crippen LogP contribution in [0.15, 0.2) is 17.6 Å². The van der Waals surface area contributed by atoms with Crippen LogP contribution in [0.4, 0.5) is 0 Å². The molecule has 0 aromatic carbocycles. The van der Waals surface area contributed by atoms with Crippen LogP contribution in [-0.2, 0) is 13.5 Å². The first-order valence-corrected chi connectivity index (χ1v) is 7.40. The lowest BCUT2D eigenvalue weighted by Gasteiger charge is -2.23. The fourth-order valence-corrected chi connectivity index (χ4v) is 3.51. The molecule has 0 unspecified atom stereocenters. The Bertz CT molecular complexity index is 614. The molecule has 0 saturated carbocycles. The van der Waals surface area contributed by atoms with Gasteiger partial charge in [-0.1, -0.05) is 0 Å². The Hall–Kier alpha value is -1.62. The summed E-state index contributed by atoms with van der Waals surface area (Å²) in [5.74, 6) is 0.0363. The SMILES string of the molecule is Cc1ccsc1C(=O)N[C@@H]1CCCc2c1cnn2C. The topological polar surface area (TPSA) is 46.9 Å². The van der Waals surface area contributed by atoms with Crippen LogP contribution in [0.2, 0.25) is 0 Å². The summed E-state index contributed by atoms with van der Waals surface area (Å²) in [4.78, 5) is 13.1. The standard InChI is InChI=1S/C14H17N3OS/c1-9-6-7-19-13(9)14(18)16-11-4-3-5-12-10(11)8-15-17(12)2/h6-8,11H,3-5H2,1-2H3,(H,16,18)/t11-/m1/s1. The van der Waals surface area contributed by atoms with Crippen LogP contribution in [0.25, 0.3) is 0 Å². The Morgan fingerprint density at radius 3 is 3.16 bits per heavy atom. The van der Waals surface area contributed by atoms with Gasteiger partial charge in [0.05, 0.1) is 17.1 Å². The molecule has 1 amide bonds. The van der Waals surface area contributed by atoms with Crippen molar-refractivity contribution in [3.63, 3.8) is 0 Å². The van der Waals surface area contributed by atoms with Gasteiger partial charge in [-0.05, 0) is 43.2 Å². The van der Waals surface area contributed by atoms with Crippen molar-refractivity contribution in [2.75, 3.05) is 0 Å². The van der Waals surface area contributed by atoms with Crippen molar-refractivity contribution in [1.29, 1.82) is 0 Å². The van der Waals surface area contributed by atoms with Gasteiger partial charge in [0.1, 0.15) is 0 Å². The first-order chi connectivity index (χ1) is 9.16. The Morgan fingerprint density at radius 2 is 2.42 bits per heavy atom. The normalized spacial score (nSPS) is 18.1. The number of carbonyl (C=O) groups excluding carboxylic acids is 1. The van der Waals surface area contributed by atoms with Crippen molar-refractivity contribution in [2.45, 2.75) is 32.2 Å². The van der Waals surface area contributed by atoms with E-state index in [-0.39, 0.29) is 11.9 Å². The van der Waals surface area contributed by atoms with Crippen LogP contribution in [0, 0.1) is 6.92 Å². The molecule has 2 aromatic rings. The zero-order valence-electron chi connectivity index (χ0n) is 11.1. The van der Waals surface area contributed by atoms with E-state index in [0.717, 1.165) is 29.7 Å². The Kier molecular flexibility index (Phi) is 3.14. The third-order valence-electron chi connectivity index (χ3n) is 3.75. The number of rotatable bonds is 2. The molecule has 0 bridgehead atoms. The van der Waals surface area contributed by atoms with E-state index in [9.17, 15) is 4.79 Å². The number of amides is 1. The number of carbonyl (C=O) groups is 1. The molecule has 1 atom stereocenters. The summed E-state index contributed by atoms with van der Waals surface area (Å²) in [7, 11) is 1.96. The molecule has 0 fully saturated rings. The Balaban J connectivity index is 1.82. The van der Waals surface area contributed by atoms with Gasteiger partial charge in [0.25, 0.3) is 5.91 Å². The van der Waals surface area contributed by atoms with E-state index in [0.29, 0.717) is 0 Å². The fourth-order valence-electron chi connectivity index (χ4n) is 2.69. The zero-order chi connectivity index (χ0) is 13.4.